The Hall–Kier alpha value is -3.13. The lowest BCUT2D eigenvalue weighted by molar-refractivity contribution is -0.115. The van der Waals surface area contributed by atoms with E-state index in [9.17, 15) is 9.59 Å². The molecule has 172 valence electrons. The highest BCUT2D eigenvalue weighted by molar-refractivity contribution is 8.00. The second-order valence-corrected chi connectivity index (χ2v) is 10.2. The molecular formula is C26H22ClN3O2S2. The summed E-state index contributed by atoms with van der Waals surface area (Å²) in [6, 6.07) is 24.6. The minimum absolute atomic E-state index is 0.101. The first-order valence-corrected chi connectivity index (χ1v) is 12.7. The van der Waals surface area contributed by atoms with Crippen molar-refractivity contribution in [1.29, 1.82) is 0 Å². The molecule has 3 aromatic carbocycles. The Morgan fingerprint density at radius 2 is 1.62 bits per heavy atom. The zero-order valence-corrected chi connectivity index (χ0v) is 20.8. The van der Waals surface area contributed by atoms with Crippen LogP contribution in [-0.4, -0.2) is 22.6 Å². The number of aryl methyl sites for hydroxylation is 1. The Labute approximate surface area is 211 Å². The molecule has 1 aromatic heterocycles. The molecule has 0 fully saturated rings. The second kappa shape index (κ2) is 11.3. The molecule has 0 aliphatic carbocycles. The molecule has 0 saturated heterocycles. The maximum absolute atomic E-state index is 12.4. The first-order valence-electron chi connectivity index (χ1n) is 10.6. The summed E-state index contributed by atoms with van der Waals surface area (Å²) in [7, 11) is 0. The number of hydrogen-bond donors (Lipinski definition) is 2. The summed E-state index contributed by atoms with van der Waals surface area (Å²) in [5.41, 5.74) is 3.53. The topological polar surface area (TPSA) is 71.1 Å². The maximum atomic E-state index is 12.4. The van der Waals surface area contributed by atoms with Crippen LogP contribution in [0.4, 0.5) is 10.8 Å². The zero-order chi connectivity index (χ0) is 23.9. The van der Waals surface area contributed by atoms with Crippen LogP contribution in [0, 0.1) is 6.92 Å². The number of halogens is 1. The van der Waals surface area contributed by atoms with Gasteiger partial charge in [0.15, 0.2) is 5.13 Å². The van der Waals surface area contributed by atoms with Gasteiger partial charge in [0, 0.05) is 26.0 Å². The van der Waals surface area contributed by atoms with E-state index in [1.165, 1.54) is 23.1 Å². The Kier molecular flexibility index (Phi) is 8.00. The molecule has 2 N–H and O–H groups in total. The van der Waals surface area contributed by atoms with E-state index in [0.717, 1.165) is 26.6 Å². The van der Waals surface area contributed by atoms with Crippen molar-refractivity contribution in [2.24, 2.45) is 0 Å². The number of carbonyl (C=O) groups is 2. The number of aromatic nitrogens is 1. The molecule has 0 aliphatic heterocycles. The van der Waals surface area contributed by atoms with Gasteiger partial charge in [-0.25, -0.2) is 4.98 Å². The number of nitrogens with zero attached hydrogens (tertiary/aromatic N) is 1. The van der Waals surface area contributed by atoms with E-state index >= 15 is 0 Å². The van der Waals surface area contributed by atoms with E-state index in [1.807, 2.05) is 73.7 Å². The maximum Gasteiger partial charge on any atom is 0.236 e. The smallest absolute Gasteiger partial charge is 0.236 e. The van der Waals surface area contributed by atoms with Crippen LogP contribution in [0.3, 0.4) is 0 Å². The standard InChI is InChI=1S/C26H22ClN3O2S2/c1-17-25(19-5-3-2-4-6-19)30-26(34-17)29-24(32)16-33-22-13-11-21(12-14-22)28-23(31)15-18-7-9-20(27)10-8-18/h2-14H,15-16H2,1H3,(H,28,31)(H,29,30,32). The monoisotopic (exact) mass is 507 g/mol. The Morgan fingerprint density at radius 1 is 0.912 bits per heavy atom. The van der Waals surface area contributed by atoms with Crippen molar-refractivity contribution >= 4 is 57.3 Å². The predicted molar refractivity (Wildman–Crippen MR) is 142 cm³/mol. The molecule has 5 nitrogen and oxygen atoms in total. The molecule has 1 heterocycles. The summed E-state index contributed by atoms with van der Waals surface area (Å²) in [4.78, 5) is 31.2. The summed E-state index contributed by atoms with van der Waals surface area (Å²) in [5.74, 6) is 0.0519. The lowest BCUT2D eigenvalue weighted by Crippen LogP contribution is -2.14. The molecule has 0 atom stereocenters. The number of thioether (sulfide) groups is 1. The average Bonchev–Trinajstić information content (AvgIpc) is 3.20. The molecule has 2 amide bonds. The van der Waals surface area contributed by atoms with Crippen molar-refractivity contribution in [2.75, 3.05) is 16.4 Å². The van der Waals surface area contributed by atoms with E-state index in [4.69, 9.17) is 11.6 Å². The summed E-state index contributed by atoms with van der Waals surface area (Å²) in [6.45, 7) is 2.00. The van der Waals surface area contributed by atoms with Gasteiger partial charge >= 0.3 is 0 Å². The van der Waals surface area contributed by atoms with Crippen molar-refractivity contribution in [2.45, 2.75) is 18.2 Å². The number of rotatable bonds is 8. The van der Waals surface area contributed by atoms with Gasteiger partial charge in [-0.05, 0) is 48.9 Å². The molecule has 0 spiro atoms. The van der Waals surface area contributed by atoms with E-state index < -0.39 is 0 Å². The zero-order valence-electron chi connectivity index (χ0n) is 18.4. The summed E-state index contributed by atoms with van der Waals surface area (Å²) in [5, 5.41) is 7.01. The fourth-order valence-electron chi connectivity index (χ4n) is 3.25. The van der Waals surface area contributed by atoms with Crippen LogP contribution in [-0.2, 0) is 16.0 Å². The molecule has 0 bridgehead atoms. The average molecular weight is 508 g/mol. The lowest BCUT2D eigenvalue weighted by Gasteiger charge is -2.07. The van der Waals surface area contributed by atoms with Gasteiger partial charge in [0.25, 0.3) is 0 Å². The number of hydrogen-bond acceptors (Lipinski definition) is 5. The molecule has 4 rings (SSSR count). The van der Waals surface area contributed by atoms with Crippen LogP contribution in [0.2, 0.25) is 5.02 Å². The lowest BCUT2D eigenvalue weighted by atomic mass is 10.1. The second-order valence-electron chi connectivity index (χ2n) is 7.50. The molecule has 0 radical (unpaired) electrons. The third kappa shape index (κ3) is 6.70. The van der Waals surface area contributed by atoms with E-state index in [0.29, 0.717) is 15.8 Å². The summed E-state index contributed by atoms with van der Waals surface area (Å²) < 4.78 is 0. The van der Waals surface area contributed by atoms with Crippen LogP contribution in [0.5, 0.6) is 0 Å². The third-order valence-corrected chi connectivity index (χ3v) is 7.03. The van der Waals surface area contributed by atoms with Crippen LogP contribution in [0.25, 0.3) is 11.3 Å². The molecule has 34 heavy (non-hydrogen) atoms. The number of nitrogens with one attached hydrogen (secondary N) is 2. The number of carbonyl (C=O) groups excluding carboxylic acids is 2. The SMILES string of the molecule is Cc1sc(NC(=O)CSc2ccc(NC(=O)Cc3ccc(Cl)cc3)cc2)nc1-c1ccccc1. The Bertz CT molecular complexity index is 1270. The van der Waals surface area contributed by atoms with Gasteiger partial charge < -0.3 is 10.6 Å². The van der Waals surface area contributed by atoms with E-state index in [-0.39, 0.29) is 24.0 Å². The summed E-state index contributed by atoms with van der Waals surface area (Å²) >= 11 is 8.77. The molecule has 0 aliphatic rings. The van der Waals surface area contributed by atoms with Gasteiger partial charge in [0.2, 0.25) is 11.8 Å². The normalized spacial score (nSPS) is 10.6. The third-order valence-electron chi connectivity index (χ3n) is 4.88. The molecule has 4 aromatic rings. The highest BCUT2D eigenvalue weighted by Gasteiger charge is 2.12. The number of amides is 2. The van der Waals surface area contributed by atoms with Crippen molar-refractivity contribution in [3.63, 3.8) is 0 Å². The first-order chi connectivity index (χ1) is 16.5. The fraction of sp³-hybridized carbons (Fsp3) is 0.115. The van der Waals surface area contributed by atoms with Gasteiger partial charge in [-0.2, -0.15) is 0 Å². The van der Waals surface area contributed by atoms with E-state index in [1.54, 1.807) is 12.1 Å². The van der Waals surface area contributed by atoms with Crippen molar-refractivity contribution in [3.8, 4) is 11.3 Å². The Balaban J connectivity index is 1.26. The minimum atomic E-state index is -0.112. The van der Waals surface area contributed by atoms with Gasteiger partial charge in [-0.15, -0.1) is 23.1 Å². The molecule has 8 heteroatoms. The fourth-order valence-corrected chi connectivity index (χ4v) is 4.92. The molecular weight excluding hydrogens is 486 g/mol. The van der Waals surface area contributed by atoms with Crippen molar-refractivity contribution in [3.05, 3.63) is 94.3 Å². The van der Waals surface area contributed by atoms with E-state index in [2.05, 4.69) is 15.6 Å². The highest BCUT2D eigenvalue weighted by atomic mass is 35.5. The molecule has 0 unspecified atom stereocenters. The van der Waals surface area contributed by atoms with Crippen LogP contribution in [0.1, 0.15) is 10.4 Å². The minimum Gasteiger partial charge on any atom is -0.326 e. The highest BCUT2D eigenvalue weighted by Crippen LogP contribution is 2.30. The Morgan fingerprint density at radius 3 is 2.32 bits per heavy atom. The van der Waals surface area contributed by atoms with Gasteiger partial charge in [-0.3, -0.25) is 9.59 Å². The van der Waals surface area contributed by atoms with Crippen molar-refractivity contribution in [1.82, 2.24) is 4.98 Å². The quantitative estimate of drug-likeness (QED) is 0.261. The molecule has 0 saturated carbocycles. The van der Waals surface area contributed by atoms with Gasteiger partial charge in [-0.1, -0.05) is 54.1 Å². The number of anilines is 2. The largest absolute Gasteiger partial charge is 0.326 e. The predicted octanol–water partition coefficient (Wildman–Crippen LogP) is 6.68. The van der Waals surface area contributed by atoms with Crippen LogP contribution < -0.4 is 10.6 Å². The number of thiazole rings is 1. The van der Waals surface area contributed by atoms with Crippen molar-refractivity contribution < 1.29 is 9.59 Å². The number of benzene rings is 3. The van der Waals surface area contributed by atoms with Gasteiger partial charge in [0.05, 0.1) is 17.9 Å². The van der Waals surface area contributed by atoms with Gasteiger partial charge in [0.1, 0.15) is 0 Å². The summed E-state index contributed by atoms with van der Waals surface area (Å²) in [6.07, 6.45) is 0.274. The van der Waals surface area contributed by atoms with Crippen LogP contribution in [0.15, 0.2) is 83.8 Å². The van der Waals surface area contributed by atoms with Crippen LogP contribution >= 0.6 is 34.7 Å². The first kappa shape index (κ1) is 24.0.